The molecule has 0 aliphatic heterocycles. The summed E-state index contributed by atoms with van der Waals surface area (Å²) in [7, 11) is 0. The molecule has 0 amide bonds. The van der Waals surface area contributed by atoms with Gasteiger partial charge in [-0.05, 0) is 24.5 Å². The fraction of sp³-hybridized carbons (Fsp3) is 0.455. The lowest BCUT2D eigenvalue weighted by Gasteiger charge is -2.18. The third-order valence-corrected chi connectivity index (χ3v) is 3.02. The topological polar surface area (TPSA) is 74.7 Å². The van der Waals surface area contributed by atoms with Gasteiger partial charge in [0.05, 0.1) is 11.3 Å². The standard InChI is InChI=1S/C11H14N4/c1-11(2)4-3-7-5-8(6-12)10(15-13)14-9(7)11/h5H,3-4,13H2,1-2H3,(H,14,15). The number of hydrogen-bond acceptors (Lipinski definition) is 4. The van der Waals surface area contributed by atoms with Crippen molar-refractivity contribution >= 4 is 5.82 Å². The number of nitrogens with zero attached hydrogens (tertiary/aromatic N) is 2. The zero-order chi connectivity index (χ0) is 11.1. The van der Waals surface area contributed by atoms with Gasteiger partial charge in [0, 0.05) is 5.41 Å². The summed E-state index contributed by atoms with van der Waals surface area (Å²) in [6.07, 6.45) is 2.07. The van der Waals surface area contributed by atoms with Gasteiger partial charge >= 0.3 is 0 Å². The number of aryl methyl sites for hydroxylation is 1. The summed E-state index contributed by atoms with van der Waals surface area (Å²) in [5, 5.41) is 8.93. The number of nitrogens with one attached hydrogen (secondary N) is 1. The minimum atomic E-state index is 0.0922. The van der Waals surface area contributed by atoms with Crippen LogP contribution >= 0.6 is 0 Å². The van der Waals surface area contributed by atoms with Crippen LogP contribution in [0.5, 0.6) is 0 Å². The Kier molecular flexibility index (Phi) is 2.13. The van der Waals surface area contributed by atoms with Gasteiger partial charge in [-0.15, -0.1) is 0 Å². The minimum absolute atomic E-state index is 0.0922. The van der Waals surface area contributed by atoms with Crippen LogP contribution in [0, 0.1) is 11.3 Å². The molecule has 15 heavy (non-hydrogen) atoms. The lowest BCUT2D eigenvalue weighted by Crippen LogP contribution is -2.17. The number of nitriles is 1. The maximum absolute atomic E-state index is 8.93. The second-order valence-corrected chi connectivity index (χ2v) is 4.53. The number of aromatic nitrogens is 1. The summed E-state index contributed by atoms with van der Waals surface area (Å²) in [6.45, 7) is 4.33. The molecule has 1 aliphatic carbocycles. The first kappa shape index (κ1) is 9.94. The summed E-state index contributed by atoms with van der Waals surface area (Å²) < 4.78 is 0. The predicted molar refractivity (Wildman–Crippen MR) is 58.1 cm³/mol. The molecule has 0 saturated heterocycles. The second kappa shape index (κ2) is 3.21. The van der Waals surface area contributed by atoms with Gasteiger partial charge in [-0.25, -0.2) is 10.8 Å². The zero-order valence-electron chi connectivity index (χ0n) is 8.96. The monoisotopic (exact) mass is 202 g/mol. The fourth-order valence-corrected chi connectivity index (χ4v) is 2.09. The van der Waals surface area contributed by atoms with E-state index in [0.29, 0.717) is 11.4 Å². The molecule has 0 radical (unpaired) electrons. The summed E-state index contributed by atoms with van der Waals surface area (Å²) >= 11 is 0. The third-order valence-electron chi connectivity index (χ3n) is 3.02. The smallest absolute Gasteiger partial charge is 0.158 e. The molecule has 78 valence electrons. The van der Waals surface area contributed by atoms with Gasteiger partial charge in [-0.1, -0.05) is 13.8 Å². The highest BCUT2D eigenvalue weighted by Gasteiger charge is 2.32. The maximum Gasteiger partial charge on any atom is 0.158 e. The fourth-order valence-electron chi connectivity index (χ4n) is 2.09. The van der Waals surface area contributed by atoms with Crippen LogP contribution in [0.2, 0.25) is 0 Å². The Morgan fingerprint density at radius 2 is 2.33 bits per heavy atom. The second-order valence-electron chi connectivity index (χ2n) is 4.53. The molecule has 1 aliphatic rings. The highest BCUT2D eigenvalue weighted by molar-refractivity contribution is 5.55. The Hall–Kier alpha value is -1.60. The lowest BCUT2D eigenvalue weighted by atomic mass is 9.90. The molecule has 0 saturated carbocycles. The average molecular weight is 202 g/mol. The summed E-state index contributed by atoms with van der Waals surface area (Å²) in [4.78, 5) is 4.44. The van der Waals surface area contributed by atoms with Crippen LogP contribution in [0.4, 0.5) is 5.82 Å². The molecule has 0 aromatic carbocycles. The van der Waals surface area contributed by atoms with E-state index in [9.17, 15) is 0 Å². The quantitative estimate of drug-likeness (QED) is 0.534. The highest BCUT2D eigenvalue weighted by Crippen LogP contribution is 2.38. The molecule has 1 aromatic rings. The van der Waals surface area contributed by atoms with Crippen molar-refractivity contribution in [3.05, 3.63) is 22.9 Å². The van der Waals surface area contributed by atoms with E-state index >= 15 is 0 Å². The van der Waals surface area contributed by atoms with Crippen molar-refractivity contribution in [1.29, 1.82) is 5.26 Å². The average Bonchev–Trinajstić information content (AvgIpc) is 2.52. The van der Waals surface area contributed by atoms with E-state index in [1.165, 1.54) is 5.56 Å². The maximum atomic E-state index is 8.93. The van der Waals surface area contributed by atoms with E-state index in [4.69, 9.17) is 11.1 Å². The summed E-state index contributed by atoms with van der Waals surface area (Å²) in [5.41, 5.74) is 5.34. The number of hydrazine groups is 1. The van der Waals surface area contributed by atoms with Crippen molar-refractivity contribution in [2.45, 2.75) is 32.1 Å². The Morgan fingerprint density at radius 3 is 2.93 bits per heavy atom. The number of rotatable bonds is 1. The van der Waals surface area contributed by atoms with E-state index in [2.05, 4.69) is 30.3 Å². The number of nitrogen functional groups attached to an aromatic ring is 1. The van der Waals surface area contributed by atoms with Crippen molar-refractivity contribution in [3.63, 3.8) is 0 Å². The van der Waals surface area contributed by atoms with Gasteiger partial charge in [-0.3, -0.25) is 0 Å². The molecule has 0 unspecified atom stereocenters. The molecule has 0 fully saturated rings. The van der Waals surface area contributed by atoms with Gasteiger partial charge in [-0.2, -0.15) is 5.26 Å². The van der Waals surface area contributed by atoms with Crippen LogP contribution in [-0.2, 0) is 11.8 Å². The number of anilines is 1. The van der Waals surface area contributed by atoms with Crippen molar-refractivity contribution < 1.29 is 0 Å². The Labute approximate surface area is 89.1 Å². The Balaban J connectivity index is 2.61. The predicted octanol–water partition coefficient (Wildman–Crippen LogP) is 1.46. The Morgan fingerprint density at radius 1 is 1.60 bits per heavy atom. The molecular formula is C11H14N4. The number of pyridine rings is 1. The molecule has 1 heterocycles. The number of hydrogen-bond donors (Lipinski definition) is 2. The van der Waals surface area contributed by atoms with Gasteiger partial charge < -0.3 is 5.43 Å². The molecule has 2 rings (SSSR count). The first-order valence-electron chi connectivity index (χ1n) is 4.99. The Bertz CT molecular complexity index is 443. The van der Waals surface area contributed by atoms with E-state index in [1.807, 2.05) is 6.07 Å². The van der Waals surface area contributed by atoms with Crippen molar-refractivity contribution in [2.24, 2.45) is 5.84 Å². The van der Waals surface area contributed by atoms with E-state index < -0.39 is 0 Å². The first-order valence-corrected chi connectivity index (χ1v) is 4.99. The van der Waals surface area contributed by atoms with Crippen molar-refractivity contribution in [3.8, 4) is 6.07 Å². The van der Waals surface area contributed by atoms with Crippen LogP contribution in [0.3, 0.4) is 0 Å². The van der Waals surface area contributed by atoms with E-state index in [0.717, 1.165) is 18.5 Å². The molecular weight excluding hydrogens is 188 g/mol. The van der Waals surface area contributed by atoms with Crippen LogP contribution in [0.15, 0.2) is 6.07 Å². The van der Waals surface area contributed by atoms with Crippen LogP contribution < -0.4 is 11.3 Å². The minimum Gasteiger partial charge on any atom is -0.307 e. The third kappa shape index (κ3) is 1.45. The lowest BCUT2D eigenvalue weighted by molar-refractivity contribution is 0.510. The molecule has 0 spiro atoms. The molecule has 1 aromatic heterocycles. The van der Waals surface area contributed by atoms with E-state index in [1.54, 1.807) is 0 Å². The molecule has 0 atom stereocenters. The van der Waals surface area contributed by atoms with Crippen LogP contribution in [-0.4, -0.2) is 4.98 Å². The van der Waals surface area contributed by atoms with Crippen molar-refractivity contribution in [2.75, 3.05) is 5.43 Å². The van der Waals surface area contributed by atoms with E-state index in [-0.39, 0.29) is 5.41 Å². The van der Waals surface area contributed by atoms with Crippen LogP contribution in [0.1, 0.15) is 37.1 Å². The van der Waals surface area contributed by atoms with Gasteiger partial charge in [0.2, 0.25) is 0 Å². The zero-order valence-corrected chi connectivity index (χ0v) is 8.96. The molecule has 4 heteroatoms. The van der Waals surface area contributed by atoms with Gasteiger partial charge in [0.1, 0.15) is 6.07 Å². The van der Waals surface area contributed by atoms with Crippen LogP contribution in [0.25, 0.3) is 0 Å². The summed E-state index contributed by atoms with van der Waals surface area (Å²) in [5.74, 6) is 5.82. The number of fused-ring (bicyclic) bond motifs is 1. The largest absolute Gasteiger partial charge is 0.307 e. The molecule has 0 bridgehead atoms. The SMILES string of the molecule is CC1(C)CCc2cc(C#N)c(NN)nc21. The first-order chi connectivity index (χ1) is 7.08. The molecule has 3 N–H and O–H groups in total. The normalized spacial score (nSPS) is 16.9. The van der Waals surface area contributed by atoms with Gasteiger partial charge in [0.15, 0.2) is 5.82 Å². The molecule has 4 nitrogen and oxygen atoms in total. The summed E-state index contributed by atoms with van der Waals surface area (Å²) in [6, 6.07) is 3.99. The highest BCUT2D eigenvalue weighted by atomic mass is 15.3. The van der Waals surface area contributed by atoms with Gasteiger partial charge in [0.25, 0.3) is 0 Å². The number of nitrogens with two attached hydrogens (primary N) is 1. The van der Waals surface area contributed by atoms with Crippen molar-refractivity contribution in [1.82, 2.24) is 4.98 Å².